The van der Waals surface area contributed by atoms with E-state index in [9.17, 15) is 18.0 Å². The number of aromatic nitrogens is 5. The van der Waals surface area contributed by atoms with Gasteiger partial charge in [0.1, 0.15) is 31.1 Å². The van der Waals surface area contributed by atoms with E-state index in [4.69, 9.17) is 7.85 Å². The van der Waals surface area contributed by atoms with E-state index in [0.717, 1.165) is 29.4 Å². The zero-order valence-electron chi connectivity index (χ0n) is 19.6. The first kappa shape index (κ1) is 23.8. The van der Waals surface area contributed by atoms with Crippen LogP contribution in [0.1, 0.15) is 23.6 Å². The van der Waals surface area contributed by atoms with E-state index in [-0.39, 0.29) is 36.8 Å². The Morgan fingerprint density at radius 2 is 1.72 bits per heavy atom. The SMILES string of the molecule is [B]C1(c2cc(F)cc(F)c2)CC=NN1C(=O)N1CCN(c2ncc(F)c(-n3nc(C)nc3C)n2)CC1. The molecular weight excluding hydrogens is 474 g/mol. The van der Waals surface area contributed by atoms with Crippen molar-refractivity contribution in [3.63, 3.8) is 0 Å². The summed E-state index contributed by atoms with van der Waals surface area (Å²) in [6, 6.07) is 2.43. The third-order valence-electron chi connectivity index (χ3n) is 6.14. The lowest BCUT2D eigenvalue weighted by molar-refractivity contribution is 0.128. The quantitative estimate of drug-likeness (QED) is 0.517. The van der Waals surface area contributed by atoms with Crippen LogP contribution in [0.4, 0.5) is 23.9 Å². The molecule has 0 bridgehead atoms. The lowest BCUT2D eigenvalue weighted by Crippen LogP contribution is -2.55. The first-order chi connectivity index (χ1) is 17.2. The molecule has 3 aromatic rings. The minimum atomic E-state index is -1.51. The maximum atomic E-state index is 14.5. The number of hydrogen-bond donors (Lipinski definition) is 0. The Morgan fingerprint density at radius 1 is 1.03 bits per heavy atom. The number of carbonyl (C=O) groups excluding carboxylic acids is 1. The molecule has 10 nitrogen and oxygen atoms in total. The largest absolute Gasteiger partial charge is 0.340 e. The molecule has 184 valence electrons. The lowest BCUT2D eigenvalue weighted by Gasteiger charge is -2.40. The van der Waals surface area contributed by atoms with Gasteiger partial charge in [-0.1, -0.05) is 0 Å². The number of urea groups is 1. The van der Waals surface area contributed by atoms with E-state index in [2.05, 4.69) is 25.2 Å². The van der Waals surface area contributed by atoms with Crippen molar-refractivity contribution in [2.75, 3.05) is 31.1 Å². The summed E-state index contributed by atoms with van der Waals surface area (Å²) in [5.74, 6) is -0.982. The van der Waals surface area contributed by atoms with Gasteiger partial charge in [-0.3, -0.25) is 0 Å². The molecule has 1 fully saturated rings. The predicted molar refractivity (Wildman–Crippen MR) is 124 cm³/mol. The maximum Gasteiger partial charge on any atom is 0.340 e. The number of piperazine rings is 1. The molecule has 1 aromatic carbocycles. The monoisotopic (exact) mass is 495 g/mol. The van der Waals surface area contributed by atoms with E-state index in [1.165, 1.54) is 15.8 Å². The molecule has 4 heterocycles. The molecule has 1 atom stereocenters. The van der Waals surface area contributed by atoms with Gasteiger partial charge in [0.15, 0.2) is 11.6 Å². The van der Waals surface area contributed by atoms with E-state index in [1.54, 1.807) is 13.8 Å². The highest BCUT2D eigenvalue weighted by Crippen LogP contribution is 2.34. The van der Waals surface area contributed by atoms with Gasteiger partial charge >= 0.3 is 6.03 Å². The lowest BCUT2D eigenvalue weighted by atomic mass is 9.70. The third-order valence-corrected chi connectivity index (χ3v) is 6.14. The van der Waals surface area contributed by atoms with Crippen molar-refractivity contribution in [3.8, 4) is 5.82 Å². The second kappa shape index (κ2) is 8.92. The van der Waals surface area contributed by atoms with E-state index in [1.807, 2.05) is 4.90 Å². The minimum Gasteiger partial charge on any atom is -0.337 e. The van der Waals surface area contributed by atoms with Crippen LogP contribution in [0.25, 0.3) is 5.82 Å². The van der Waals surface area contributed by atoms with Crippen LogP contribution in [0.2, 0.25) is 0 Å². The molecule has 1 saturated heterocycles. The molecule has 0 aliphatic carbocycles. The molecule has 2 aliphatic rings. The molecular formula is C22H21BF3N9O. The van der Waals surface area contributed by atoms with Gasteiger partial charge in [0, 0.05) is 44.9 Å². The highest BCUT2D eigenvalue weighted by Gasteiger charge is 2.42. The number of aryl methyl sites for hydroxylation is 2. The number of hydrazone groups is 1. The number of benzene rings is 1. The molecule has 2 aliphatic heterocycles. The number of nitrogens with zero attached hydrogens (tertiary/aromatic N) is 9. The van der Waals surface area contributed by atoms with Crippen LogP contribution in [0.15, 0.2) is 29.5 Å². The summed E-state index contributed by atoms with van der Waals surface area (Å²) < 4.78 is 43.4. The molecule has 5 rings (SSSR count). The van der Waals surface area contributed by atoms with Gasteiger partial charge in [-0.25, -0.2) is 32.9 Å². The number of rotatable bonds is 3. The number of amides is 2. The van der Waals surface area contributed by atoms with Crippen molar-refractivity contribution < 1.29 is 18.0 Å². The van der Waals surface area contributed by atoms with Crippen molar-refractivity contribution in [1.82, 2.24) is 34.6 Å². The van der Waals surface area contributed by atoms with Crippen molar-refractivity contribution in [2.45, 2.75) is 25.7 Å². The Kier molecular flexibility index (Phi) is 5.89. The summed E-state index contributed by atoms with van der Waals surface area (Å²) in [5, 5.41) is 9.33. The summed E-state index contributed by atoms with van der Waals surface area (Å²) in [6.07, 6.45) is 2.62. The summed E-state index contributed by atoms with van der Waals surface area (Å²) in [4.78, 5) is 29.2. The molecule has 14 heteroatoms. The molecule has 2 aromatic heterocycles. The van der Waals surface area contributed by atoms with Crippen LogP contribution in [0.3, 0.4) is 0 Å². The molecule has 0 spiro atoms. The van der Waals surface area contributed by atoms with Crippen LogP contribution in [0.5, 0.6) is 0 Å². The average molecular weight is 495 g/mol. The van der Waals surface area contributed by atoms with Crippen molar-refractivity contribution in [3.05, 3.63) is 59.1 Å². The fourth-order valence-corrected chi connectivity index (χ4v) is 4.32. The highest BCUT2D eigenvalue weighted by molar-refractivity contribution is 6.18. The van der Waals surface area contributed by atoms with E-state index < -0.39 is 28.9 Å². The average Bonchev–Trinajstić information content (AvgIpc) is 3.40. The van der Waals surface area contributed by atoms with Gasteiger partial charge in [0.25, 0.3) is 0 Å². The fraction of sp³-hybridized carbons (Fsp3) is 0.364. The molecule has 36 heavy (non-hydrogen) atoms. The first-order valence-corrected chi connectivity index (χ1v) is 11.2. The first-order valence-electron chi connectivity index (χ1n) is 11.2. The second-order valence-corrected chi connectivity index (χ2v) is 8.61. The van der Waals surface area contributed by atoms with Gasteiger partial charge in [0.2, 0.25) is 5.95 Å². The van der Waals surface area contributed by atoms with Crippen molar-refractivity contribution in [1.29, 1.82) is 0 Å². The van der Waals surface area contributed by atoms with Gasteiger partial charge in [-0.15, -0.1) is 5.10 Å². The molecule has 1 unspecified atom stereocenters. The summed E-state index contributed by atoms with van der Waals surface area (Å²) in [7, 11) is 6.43. The van der Waals surface area contributed by atoms with Crippen LogP contribution >= 0.6 is 0 Å². The zero-order chi connectivity index (χ0) is 25.6. The fourth-order valence-electron chi connectivity index (χ4n) is 4.32. The maximum absolute atomic E-state index is 14.5. The van der Waals surface area contributed by atoms with E-state index >= 15 is 0 Å². The van der Waals surface area contributed by atoms with Crippen molar-refractivity contribution >= 4 is 26.0 Å². The summed E-state index contributed by atoms with van der Waals surface area (Å²) in [6.45, 7) is 4.66. The normalized spacial score (nSPS) is 19.9. The number of halogens is 3. The van der Waals surface area contributed by atoms with Crippen LogP contribution < -0.4 is 4.90 Å². The van der Waals surface area contributed by atoms with E-state index in [0.29, 0.717) is 24.7 Å². The summed E-state index contributed by atoms with van der Waals surface area (Å²) in [5.41, 5.74) is -1.41. The topological polar surface area (TPSA) is 95.6 Å². The zero-order valence-corrected chi connectivity index (χ0v) is 19.6. The van der Waals surface area contributed by atoms with Crippen LogP contribution in [-0.2, 0) is 5.44 Å². The van der Waals surface area contributed by atoms with Gasteiger partial charge in [-0.05, 0) is 31.5 Å². The Labute approximate surface area is 205 Å². The highest BCUT2D eigenvalue weighted by atomic mass is 19.1. The van der Waals surface area contributed by atoms with Gasteiger partial charge in [0.05, 0.1) is 11.6 Å². The molecule has 0 N–H and O–H groups in total. The van der Waals surface area contributed by atoms with Crippen molar-refractivity contribution in [2.24, 2.45) is 5.10 Å². The number of carbonyl (C=O) groups is 1. The second-order valence-electron chi connectivity index (χ2n) is 8.61. The Balaban J connectivity index is 1.31. The third kappa shape index (κ3) is 4.16. The number of anilines is 1. The Morgan fingerprint density at radius 3 is 2.36 bits per heavy atom. The molecule has 2 radical (unpaired) electrons. The molecule has 2 amide bonds. The predicted octanol–water partition coefficient (Wildman–Crippen LogP) is 2.05. The molecule has 0 saturated carbocycles. The van der Waals surface area contributed by atoms with Crippen LogP contribution in [0, 0.1) is 31.3 Å². The smallest absolute Gasteiger partial charge is 0.337 e. The van der Waals surface area contributed by atoms with Gasteiger partial charge < -0.3 is 9.80 Å². The van der Waals surface area contributed by atoms with Gasteiger partial charge in [-0.2, -0.15) is 14.8 Å². The summed E-state index contributed by atoms with van der Waals surface area (Å²) >= 11 is 0. The Bertz CT molecular complexity index is 1340. The van der Waals surface area contributed by atoms with Crippen LogP contribution in [-0.4, -0.2) is 80.9 Å². The Hall–Kier alpha value is -3.97. The number of hydrogen-bond acceptors (Lipinski definition) is 7. The standard InChI is InChI=1S/C22H21BF3N9O/c1-13-29-14(2)34(31-13)19-18(26)12-27-20(30-19)32-5-7-33(8-6-32)21(36)35-22(23,3-4-28-35)15-9-16(24)11-17(25)10-15/h4,9-12H,3,5-8H2,1-2H3. The minimum absolute atomic E-state index is 0.0155.